The van der Waals surface area contributed by atoms with Crippen molar-refractivity contribution < 1.29 is 4.74 Å². The van der Waals surface area contributed by atoms with Crippen LogP contribution in [0.1, 0.15) is 12.7 Å². The fraction of sp³-hybridized carbons (Fsp3) is 0.500. The lowest BCUT2D eigenvalue weighted by Crippen LogP contribution is -2.10. The van der Waals surface area contributed by atoms with Crippen molar-refractivity contribution in [3.8, 4) is 0 Å². The van der Waals surface area contributed by atoms with Gasteiger partial charge in [-0.15, -0.1) is 10.2 Å². The van der Waals surface area contributed by atoms with E-state index >= 15 is 0 Å². The fourth-order valence-electron chi connectivity index (χ4n) is 1.66. The Morgan fingerprint density at radius 2 is 2.25 bits per heavy atom. The van der Waals surface area contributed by atoms with Gasteiger partial charge >= 0.3 is 0 Å². The summed E-state index contributed by atoms with van der Waals surface area (Å²) in [5, 5.41) is 8.66. The van der Waals surface area contributed by atoms with Crippen LogP contribution in [-0.4, -0.2) is 33.3 Å². The molecule has 0 aliphatic rings. The molecule has 1 unspecified atom stereocenters. The Labute approximate surface area is 98.4 Å². The average molecular weight is 241 g/mol. The molecule has 0 fully saturated rings. The summed E-state index contributed by atoms with van der Waals surface area (Å²) >= 11 is 6.05. The van der Waals surface area contributed by atoms with Crippen LogP contribution in [0.15, 0.2) is 12.4 Å². The van der Waals surface area contributed by atoms with Gasteiger partial charge in [0, 0.05) is 20.1 Å². The molecule has 2 heterocycles. The zero-order valence-corrected chi connectivity index (χ0v) is 9.98. The first kappa shape index (κ1) is 11.3. The van der Waals surface area contributed by atoms with Gasteiger partial charge in [-0.3, -0.25) is 9.38 Å². The molecular formula is C10H13ClN4O. The van der Waals surface area contributed by atoms with Crippen molar-refractivity contribution in [2.24, 2.45) is 5.92 Å². The standard InChI is InChI=1S/C10H13ClN4O/c1-7(6-16-2)3-9-13-14-10-5-12-4-8(11)15(9)10/h4-5,7H,3,6H2,1-2H3. The number of hydrogen-bond donors (Lipinski definition) is 0. The van der Waals surface area contributed by atoms with E-state index in [-0.39, 0.29) is 0 Å². The van der Waals surface area contributed by atoms with Gasteiger partial charge in [-0.25, -0.2) is 0 Å². The maximum absolute atomic E-state index is 6.05. The summed E-state index contributed by atoms with van der Waals surface area (Å²) in [6, 6.07) is 0. The van der Waals surface area contributed by atoms with Crippen molar-refractivity contribution in [1.82, 2.24) is 19.6 Å². The van der Waals surface area contributed by atoms with E-state index in [0.717, 1.165) is 12.2 Å². The molecule has 0 aliphatic carbocycles. The fourth-order valence-corrected chi connectivity index (χ4v) is 1.90. The quantitative estimate of drug-likeness (QED) is 0.815. The van der Waals surface area contributed by atoms with Crippen molar-refractivity contribution in [3.63, 3.8) is 0 Å². The maximum Gasteiger partial charge on any atom is 0.180 e. The molecule has 2 rings (SSSR count). The van der Waals surface area contributed by atoms with Gasteiger partial charge in [0.05, 0.1) is 12.4 Å². The summed E-state index contributed by atoms with van der Waals surface area (Å²) in [5.74, 6) is 1.22. The molecule has 0 aliphatic heterocycles. The first-order chi connectivity index (χ1) is 7.72. The van der Waals surface area contributed by atoms with E-state index in [9.17, 15) is 0 Å². The van der Waals surface area contributed by atoms with Crippen LogP contribution in [0.4, 0.5) is 0 Å². The molecule has 0 saturated heterocycles. The number of aromatic nitrogens is 4. The Kier molecular flexibility index (Phi) is 3.36. The smallest absolute Gasteiger partial charge is 0.180 e. The van der Waals surface area contributed by atoms with Crippen LogP contribution in [0.2, 0.25) is 5.15 Å². The lowest BCUT2D eigenvalue weighted by atomic mass is 10.1. The van der Waals surface area contributed by atoms with Crippen LogP contribution >= 0.6 is 11.6 Å². The van der Waals surface area contributed by atoms with Crippen molar-refractivity contribution >= 4 is 17.2 Å². The third kappa shape index (κ3) is 2.15. The van der Waals surface area contributed by atoms with E-state index in [0.29, 0.717) is 23.3 Å². The van der Waals surface area contributed by atoms with E-state index in [1.165, 1.54) is 0 Å². The van der Waals surface area contributed by atoms with Gasteiger partial charge in [0.2, 0.25) is 0 Å². The van der Waals surface area contributed by atoms with Crippen LogP contribution < -0.4 is 0 Å². The number of rotatable bonds is 4. The molecule has 0 radical (unpaired) electrons. The number of hydrogen-bond acceptors (Lipinski definition) is 4. The summed E-state index contributed by atoms with van der Waals surface area (Å²) in [4.78, 5) is 3.96. The highest BCUT2D eigenvalue weighted by Crippen LogP contribution is 2.14. The van der Waals surface area contributed by atoms with Crippen LogP contribution in [-0.2, 0) is 11.2 Å². The SMILES string of the molecule is COCC(C)Cc1nnc2cncc(Cl)n12. The molecule has 0 aromatic carbocycles. The van der Waals surface area contributed by atoms with Crippen molar-refractivity contribution in [1.29, 1.82) is 0 Å². The molecule has 0 spiro atoms. The highest BCUT2D eigenvalue weighted by molar-refractivity contribution is 6.29. The predicted octanol–water partition coefficient (Wildman–Crippen LogP) is 1.60. The van der Waals surface area contributed by atoms with Crippen molar-refractivity contribution in [3.05, 3.63) is 23.4 Å². The predicted molar refractivity (Wildman–Crippen MR) is 60.5 cm³/mol. The molecular weight excluding hydrogens is 228 g/mol. The Bertz CT molecular complexity index is 485. The third-order valence-electron chi connectivity index (χ3n) is 2.32. The zero-order chi connectivity index (χ0) is 11.5. The lowest BCUT2D eigenvalue weighted by Gasteiger charge is -2.08. The van der Waals surface area contributed by atoms with Crippen molar-refractivity contribution in [2.75, 3.05) is 13.7 Å². The molecule has 16 heavy (non-hydrogen) atoms. The second kappa shape index (κ2) is 4.76. The largest absolute Gasteiger partial charge is 0.384 e. The zero-order valence-electron chi connectivity index (χ0n) is 9.22. The van der Waals surface area contributed by atoms with E-state index in [4.69, 9.17) is 16.3 Å². The van der Waals surface area contributed by atoms with Crippen LogP contribution in [0, 0.1) is 5.92 Å². The van der Waals surface area contributed by atoms with E-state index in [1.54, 1.807) is 23.9 Å². The monoisotopic (exact) mass is 240 g/mol. The maximum atomic E-state index is 6.05. The molecule has 6 heteroatoms. The molecule has 0 bridgehead atoms. The third-order valence-corrected chi connectivity index (χ3v) is 2.59. The molecule has 0 N–H and O–H groups in total. The number of halogens is 1. The Morgan fingerprint density at radius 1 is 1.44 bits per heavy atom. The van der Waals surface area contributed by atoms with Gasteiger partial charge in [-0.2, -0.15) is 0 Å². The lowest BCUT2D eigenvalue weighted by molar-refractivity contribution is 0.158. The molecule has 0 saturated carbocycles. The van der Waals surface area contributed by atoms with Crippen LogP contribution in [0.5, 0.6) is 0 Å². The average Bonchev–Trinajstić information content (AvgIpc) is 2.63. The van der Waals surface area contributed by atoms with Gasteiger partial charge in [-0.05, 0) is 5.92 Å². The normalized spacial score (nSPS) is 13.2. The first-order valence-corrected chi connectivity index (χ1v) is 5.42. The Morgan fingerprint density at radius 3 is 3.00 bits per heavy atom. The number of methoxy groups -OCH3 is 1. The summed E-state index contributed by atoms with van der Waals surface area (Å²) < 4.78 is 6.90. The Balaban J connectivity index is 2.31. The van der Waals surface area contributed by atoms with Gasteiger partial charge in [0.1, 0.15) is 11.0 Å². The van der Waals surface area contributed by atoms with E-state index < -0.39 is 0 Å². The minimum absolute atomic E-state index is 0.377. The molecule has 86 valence electrons. The second-order valence-electron chi connectivity index (χ2n) is 3.80. The minimum atomic E-state index is 0.377. The van der Waals surface area contributed by atoms with Crippen LogP contribution in [0.25, 0.3) is 5.65 Å². The van der Waals surface area contributed by atoms with Crippen molar-refractivity contribution in [2.45, 2.75) is 13.3 Å². The van der Waals surface area contributed by atoms with Crippen LogP contribution in [0.3, 0.4) is 0 Å². The summed E-state index contributed by atoms with van der Waals surface area (Å²) in [6.07, 6.45) is 4.00. The molecule has 1 atom stereocenters. The Hall–Kier alpha value is -1.20. The second-order valence-corrected chi connectivity index (χ2v) is 4.19. The van der Waals surface area contributed by atoms with Gasteiger partial charge < -0.3 is 4.74 Å². The summed E-state index contributed by atoms with van der Waals surface area (Å²) in [7, 11) is 1.69. The summed E-state index contributed by atoms with van der Waals surface area (Å²) in [6.45, 7) is 2.79. The molecule has 0 amide bonds. The highest BCUT2D eigenvalue weighted by atomic mass is 35.5. The van der Waals surface area contributed by atoms with Gasteiger partial charge in [0.15, 0.2) is 5.65 Å². The molecule has 2 aromatic rings. The number of fused-ring (bicyclic) bond motifs is 1. The summed E-state index contributed by atoms with van der Waals surface area (Å²) in [5.41, 5.74) is 0.673. The van der Waals surface area contributed by atoms with E-state index in [2.05, 4.69) is 22.1 Å². The molecule has 5 nitrogen and oxygen atoms in total. The molecule has 2 aromatic heterocycles. The van der Waals surface area contributed by atoms with Gasteiger partial charge in [0.25, 0.3) is 0 Å². The van der Waals surface area contributed by atoms with E-state index in [1.807, 2.05) is 0 Å². The van der Waals surface area contributed by atoms with Gasteiger partial charge in [-0.1, -0.05) is 18.5 Å². The minimum Gasteiger partial charge on any atom is -0.384 e. The first-order valence-electron chi connectivity index (χ1n) is 5.05. The highest BCUT2D eigenvalue weighted by Gasteiger charge is 2.12. The number of ether oxygens (including phenoxy) is 1. The number of nitrogens with zero attached hydrogens (tertiary/aromatic N) is 4. The topological polar surface area (TPSA) is 52.3 Å².